The molecule has 84 valence electrons. The fraction of sp³-hybridized carbons (Fsp3) is 0.818. The number of hydrogen-bond acceptors (Lipinski definition) is 3. The first-order valence-electron chi connectivity index (χ1n) is 5.54. The van der Waals surface area contributed by atoms with Crippen molar-refractivity contribution < 1.29 is 14.3 Å². The predicted molar refractivity (Wildman–Crippen MR) is 54.0 cm³/mol. The van der Waals surface area contributed by atoms with Crippen LogP contribution in [0.4, 0.5) is 0 Å². The van der Waals surface area contributed by atoms with Gasteiger partial charge < -0.3 is 10.1 Å². The van der Waals surface area contributed by atoms with Crippen LogP contribution in [0.3, 0.4) is 0 Å². The van der Waals surface area contributed by atoms with E-state index in [0.717, 1.165) is 12.8 Å². The van der Waals surface area contributed by atoms with Crippen LogP contribution in [0.5, 0.6) is 0 Å². The summed E-state index contributed by atoms with van der Waals surface area (Å²) in [6.07, 6.45) is 2.71. The molecule has 2 atom stereocenters. The average molecular weight is 211 g/mol. The Kier molecular flexibility index (Phi) is 2.44. The third-order valence-corrected chi connectivity index (χ3v) is 3.54. The van der Waals surface area contributed by atoms with Crippen molar-refractivity contribution in [3.05, 3.63) is 0 Å². The van der Waals surface area contributed by atoms with Gasteiger partial charge >= 0.3 is 5.97 Å². The molecular weight excluding hydrogens is 194 g/mol. The van der Waals surface area contributed by atoms with Crippen LogP contribution in [0.25, 0.3) is 0 Å². The molecule has 0 aromatic heterocycles. The molecule has 1 aliphatic heterocycles. The number of carbonyl (C=O) groups is 2. The molecule has 0 aromatic carbocycles. The zero-order valence-electron chi connectivity index (χ0n) is 9.21. The van der Waals surface area contributed by atoms with Crippen LogP contribution in [0.1, 0.15) is 33.1 Å². The van der Waals surface area contributed by atoms with Crippen LogP contribution >= 0.6 is 0 Å². The zero-order valence-corrected chi connectivity index (χ0v) is 9.21. The Bertz CT molecular complexity index is 298. The van der Waals surface area contributed by atoms with Crippen molar-refractivity contribution >= 4 is 11.9 Å². The second-order valence-electron chi connectivity index (χ2n) is 4.71. The number of carbonyl (C=O) groups excluding carboxylic acids is 2. The van der Waals surface area contributed by atoms with E-state index in [1.54, 1.807) is 6.92 Å². The lowest BCUT2D eigenvalue weighted by molar-refractivity contribution is -0.148. The molecule has 0 bridgehead atoms. The number of esters is 1. The van der Waals surface area contributed by atoms with Crippen molar-refractivity contribution in [2.75, 3.05) is 6.61 Å². The minimum Gasteiger partial charge on any atom is -0.464 e. The molecule has 1 amide bonds. The average Bonchev–Trinajstić information content (AvgIpc) is 2.94. The quantitative estimate of drug-likeness (QED) is 0.704. The number of ether oxygens (including phenoxy) is 1. The molecular formula is C11H17NO3. The molecule has 0 aromatic rings. The molecule has 0 spiro atoms. The minimum atomic E-state index is -0.433. The largest absolute Gasteiger partial charge is 0.464 e. The van der Waals surface area contributed by atoms with Gasteiger partial charge in [0, 0.05) is 11.8 Å². The molecule has 2 fully saturated rings. The molecule has 1 saturated heterocycles. The van der Waals surface area contributed by atoms with Gasteiger partial charge in [-0.2, -0.15) is 0 Å². The Labute approximate surface area is 89.4 Å². The van der Waals surface area contributed by atoms with Crippen LogP contribution in [0, 0.1) is 11.3 Å². The van der Waals surface area contributed by atoms with Crippen LogP contribution in [0.15, 0.2) is 0 Å². The lowest BCUT2D eigenvalue weighted by atomic mass is 9.77. The first-order chi connectivity index (χ1) is 7.08. The topological polar surface area (TPSA) is 55.4 Å². The van der Waals surface area contributed by atoms with Crippen LogP contribution in [-0.2, 0) is 14.3 Å². The first-order valence-corrected chi connectivity index (χ1v) is 5.54. The highest BCUT2D eigenvalue weighted by atomic mass is 16.5. The van der Waals surface area contributed by atoms with E-state index < -0.39 is 6.04 Å². The summed E-state index contributed by atoms with van der Waals surface area (Å²) < 4.78 is 4.99. The van der Waals surface area contributed by atoms with E-state index in [1.165, 1.54) is 0 Å². The number of amides is 1. The highest BCUT2D eigenvalue weighted by Crippen LogP contribution is 2.51. The summed E-state index contributed by atoms with van der Waals surface area (Å²) in [4.78, 5) is 23.1. The van der Waals surface area contributed by atoms with Gasteiger partial charge in [-0.25, -0.2) is 4.79 Å². The van der Waals surface area contributed by atoms with Gasteiger partial charge in [-0.05, 0) is 25.7 Å². The summed E-state index contributed by atoms with van der Waals surface area (Å²) >= 11 is 0. The Morgan fingerprint density at radius 1 is 1.60 bits per heavy atom. The monoisotopic (exact) mass is 211 g/mol. The minimum absolute atomic E-state index is 0.0255. The maximum absolute atomic E-state index is 11.7. The molecule has 1 heterocycles. The molecule has 1 saturated carbocycles. The van der Waals surface area contributed by atoms with E-state index in [9.17, 15) is 9.59 Å². The molecule has 4 heteroatoms. The number of rotatable bonds is 3. The van der Waals surface area contributed by atoms with Crippen molar-refractivity contribution in [3.63, 3.8) is 0 Å². The van der Waals surface area contributed by atoms with E-state index in [0.29, 0.717) is 18.9 Å². The maximum atomic E-state index is 11.7. The Balaban J connectivity index is 2.14. The second kappa shape index (κ2) is 3.51. The maximum Gasteiger partial charge on any atom is 0.329 e. The van der Waals surface area contributed by atoms with Gasteiger partial charge in [0.15, 0.2) is 0 Å². The molecule has 15 heavy (non-hydrogen) atoms. The standard InChI is InChI=1S/C11H17NO3/c1-3-15-10(14)9-11(2,7-4-5-7)6-8(13)12-9/h7,9H,3-6H2,1-2H3,(H,12,13). The van der Waals surface area contributed by atoms with Crippen LogP contribution < -0.4 is 5.32 Å². The zero-order chi connectivity index (χ0) is 11.1. The van der Waals surface area contributed by atoms with Gasteiger partial charge in [0.25, 0.3) is 0 Å². The van der Waals surface area contributed by atoms with E-state index in [-0.39, 0.29) is 17.3 Å². The lowest BCUT2D eigenvalue weighted by Crippen LogP contribution is -2.44. The summed E-state index contributed by atoms with van der Waals surface area (Å²) in [5, 5.41) is 2.74. The summed E-state index contributed by atoms with van der Waals surface area (Å²) in [6.45, 7) is 4.17. The third-order valence-electron chi connectivity index (χ3n) is 3.54. The van der Waals surface area contributed by atoms with Crippen molar-refractivity contribution in [1.82, 2.24) is 5.32 Å². The third kappa shape index (κ3) is 1.73. The second-order valence-corrected chi connectivity index (χ2v) is 4.71. The van der Waals surface area contributed by atoms with E-state index >= 15 is 0 Å². The molecule has 4 nitrogen and oxygen atoms in total. The van der Waals surface area contributed by atoms with Gasteiger partial charge in [0.1, 0.15) is 6.04 Å². The molecule has 2 unspecified atom stereocenters. The highest BCUT2D eigenvalue weighted by Gasteiger charge is 2.55. The van der Waals surface area contributed by atoms with Gasteiger partial charge in [-0.15, -0.1) is 0 Å². The van der Waals surface area contributed by atoms with Gasteiger partial charge in [0.05, 0.1) is 6.61 Å². The van der Waals surface area contributed by atoms with E-state index in [2.05, 4.69) is 5.32 Å². The van der Waals surface area contributed by atoms with Crippen LogP contribution in [-0.4, -0.2) is 24.5 Å². The SMILES string of the molecule is CCOC(=O)C1NC(=O)CC1(C)C1CC1. The fourth-order valence-electron chi connectivity index (χ4n) is 2.50. The Morgan fingerprint density at radius 2 is 2.27 bits per heavy atom. The smallest absolute Gasteiger partial charge is 0.329 e. The lowest BCUT2D eigenvalue weighted by Gasteiger charge is -2.28. The predicted octanol–water partition coefficient (Wildman–Crippen LogP) is 0.854. The Hall–Kier alpha value is -1.06. The van der Waals surface area contributed by atoms with Crippen molar-refractivity contribution in [3.8, 4) is 0 Å². The molecule has 2 rings (SSSR count). The molecule has 0 radical (unpaired) electrons. The summed E-state index contributed by atoms with van der Waals surface area (Å²) in [7, 11) is 0. The van der Waals surface area contributed by atoms with Crippen molar-refractivity contribution in [1.29, 1.82) is 0 Å². The van der Waals surface area contributed by atoms with Gasteiger partial charge in [-0.3, -0.25) is 4.79 Å². The van der Waals surface area contributed by atoms with E-state index in [4.69, 9.17) is 4.74 Å². The van der Waals surface area contributed by atoms with Gasteiger partial charge in [-0.1, -0.05) is 6.92 Å². The van der Waals surface area contributed by atoms with Crippen molar-refractivity contribution in [2.45, 2.75) is 39.2 Å². The summed E-state index contributed by atoms with van der Waals surface area (Å²) in [5.41, 5.74) is -0.219. The number of nitrogens with one attached hydrogen (secondary N) is 1. The van der Waals surface area contributed by atoms with E-state index in [1.807, 2.05) is 6.92 Å². The summed E-state index contributed by atoms with van der Waals surface area (Å²) in [5.74, 6) is 0.200. The fourth-order valence-corrected chi connectivity index (χ4v) is 2.50. The summed E-state index contributed by atoms with van der Waals surface area (Å²) in [6, 6.07) is -0.433. The molecule has 2 aliphatic rings. The first kappa shape index (κ1) is 10.5. The Morgan fingerprint density at radius 3 is 2.80 bits per heavy atom. The van der Waals surface area contributed by atoms with Crippen LogP contribution in [0.2, 0.25) is 0 Å². The van der Waals surface area contributed by atoms with Gasteiger partial charge in [0.2, 0.25) is 5.91 Å². The number of hydrogen-bond donors (Lipinski definition) is 1. The molecule has 1 N–H and O–H groups in total. The normalized spacial score (nSPS) is 35.1. The highest BCUT2D eigenvalue weighted by molar-refractivity contribution is 5.90. The van der Waals surface area contributed by atoms with Crippen molar-refractivity contribution in [2.24, 2.45) is 11.3 Å². The molecule has 1 aliphatic carbocycles.